The molecule has 1 atom stereocenters. The van der Waals surface area contributed by atoms with Crippen molar-refractivity contribution in [1.29, 1.82) is 0 Å². The summed E-state index contributed by atoms with van der Waals surface area (Å²) in [6.45, 7) is 2.43. The first kappa shape index (κ1) is 20.1. The van der Waals surface area contributed by atoms with Gasteiger partial charge in [-0.15, -0.1) is 10.2 Å². The van der Waals surface area contributed by atoms with E-state index in [1.54, 1.807) is 30.2 Å². The number of hydrogen-bond acceptors (Lipinski definition) is 8. The van der Waals surface area contributed by atoms with Crippen LogP contribution in [0.5, 0.6) is 0 Å². The first-order valence-corrected chi connectivity index (χ1v) is 8.84. The number of carbonyl (C=O) groups excluding carboxylic acids is 1. The molecule has 13 heteroatoms. The molecule has 3 aromatic rings. The van der Waals surface area contributed by atoms with Gasteiger partial charge in [0.1, 0.15) is 5.56 Å². The van der Waals surface area contributed by atoms with Crippen molar-refractivity contribution >= 4 is 5.91 Å². The summed E-state index contributed by atoms with van der Waals surface area (Å²) in [6, 6.07) is 0. The Balaban J connectivity index is 1.77. The number of imidazole rings is 1. The Bertz CT molecular complexity index is 1090. The van der Waals surface area contributed by atoms with Gasteiger partial charge in [0.2, 0.25) is 0 Å². The summed E-state index contributed by atoms with van der Waals surface area (Å²) in [5.74, 6) is -0.386. The van der Waals surface area contributed by atoms with Crippen molar-refractivity contribution in [3.8, 4) is 0 Å². The lowest BCUT2D eigenvalue weighted by molar-refractivity contribution is 0.0949. The maximum atomic E-state index is 12.4. The maximum Gasteiger partial charge on any atom is 0.331 e. The average molecular weight is 403 g/mol. The number of nitrogens with one attached hydrogen (secondary N) is 1. The zero-order chi connectivity index (χ0) is 21.0. The van der Waals surface area contributed by atoms with Gasteiger partial charge in [-0.05, 0) is 12.1 Å². The zero-order valence-electron chi connectivity index (χ0n) is 16.0. The SMILES string of the molecule is C[C@@H](O)Cn1nnc(Cn2cc(C(=O)NCCn3ccnc3)c(=O)n(C)c2=O)n1. The van der Waals surface area contributed by atoms with Gasteiger partial charge >= 0.3 is 5.69 Å². The molecule has 154 valence electrons. The van der Waals surface area contributed by atoms with Crippen molar-refractivity contribution < 1.29 is 9.90 Å². The van der Waals surface area contributed by atoms with Crippen molar-refractivity contribution in [2.45, 2.75) is 32.7 Å². The lowest BCUT2D eigenvalue weighted by Crippen LogP contribution is -2.43. The van der Waals surface area contributed by atoms with Crippen molar-refractivity contribution in [1.82, 2.24) is 44.2 Å². The van der Waals surface area contributed by atoms with E-state index in [4.69, 9.17) is 0 Å². The number of carbonyl (C=O) groups is 1. The third-order valence-corrected chi connectivity index (χ3v) is 4.05. The molecule has 0 spiro atoms. The van der Waals surface area contributed by atoms with Gasteiger partial charge in [-0.25, -0.2) is 9.78 Å². The fourth-order valence-electron chi connectivity index (χ4n) is 2.61. The molecule has 0 saturated carbocycles. The summed E-state index contributed by atoms with van der Waals surface area (Å²) < 4.78 is 3.79. The number of aliphatic hydroxyl groups is 1. The summed E-state index contributed by atoms with van der Waals surface area (Å²) in [5.41, 5.74) is -1.48. The van der Waals surface area contributed by atoms with E-state index in [0.717, 1.165) is 9.13 Å². The first-order chi connectivity index (χ1) is 13.8. The van der Waals surface area contributed by atoms with Gasteiger partial charge in [-0.2, -0.15) is 4.80 Å². The maximum absolute atomic E-state index is 12.4. The van der Waals surface area contributed by atoms with Crippen molar-refractivity contribution in [3.05, 3.63) is 57.1 Å². The summed E-state index contributed by atoms with van der Waals surface area (Å²) >= 11 is 0. The molecule has 2 N–H and O–H groups in total. The van der Waals surface area contributed by atoms with E-state index in [1.807, 2.05) is 0 Å². The van der Waals surface area contributed by atoms with E-state index >= 15 is 0 Å². The fourth-order valence-corrected chi connectivity index (χ4v) is 2.61. The van der Waals surface area contributed by atoms with Gasteiger partial charge in [-0.3, -0.25) is 18.7 Å². The second-order valence-electron chi connectivity index (χ2n) is 6.48. The fraction of sp³-hybridized carbons (Fsp3) is 0.438. The van der Waals surface area contributed by atoms with Crippen molar-refractivity contribution in [3.63, 3.8) is 0 Å². The van der Waals surface area contributed by atoms with Crippen molar-refractivity contribution in [2.75, 3.05) is 6.54 Å². The van der Waals surface area contributed by atoms with Gasteiger partial charge in [0, 0.05) is 38.7 Å². The lowest BCUT2D eigenvalue weighted by Gasteiger charge is -2.10. The minimum absolute atomic E-state index is 0.0813. The molecule has 0 fully saturated rings. The van der Waals surface area contributed by atoms with E-state index in [9.17, 15) is 19.5 Å². The minimum atomic E-state index is -0.697. The first-order valence-electron chi connectivity index (χ1n) is 8.84. The Kier molecular flexibility index (Phi) is 5.97. The van der Waals surface area contributed by atoms with E-state index in [0.29, 0.717) is 6.54 Å². The number of amides is 1. The van der Waals surface area contributed by atoms with Crippen LogP contribution in [0.1, 0.15) is 23.1 Å². The highest BCUT2D eigenvalue weighted by Crippen LogP contribution is 1.96. The molecular formula is C16H21N9O4. The highest BCUT2D eigenvalue weighted by Gasteiger charge is 2.17. The van der Waals surface area contributed by atoms with Gasteiger partial charge in [-0.1, -0.05) is 0 Å². The Morgan fingerprint density at radius 2 is 2.14 bits per heavy atom. The second kappa shape index (κ2) is 8.60. The van der Waals surface area contributed by atoms with Crippen LogP contribution in [0, 0.1) is 0 Å². The molecule has 0 aliphatic heterocycles. The largest absolute Gasteiger partial charge is 0.391 e. The van der Waals surface area contributed by atoms with Gasteiger partial charge < -0.3 is 15.0 Å². The molecule has 0 radical (unpaired) electrons. The summed E-state index contributed by atoms with van der Waals surface area (Å²) in [4.78, 5) is 42.3. The zero-order valence-corrected chi connectivity index (χ0v) is 16.0. The summed E-state index contributed by atoms with van der Waals surface area (Å²) in [5, 5.41) is 23.7. The Morgan fingerprint density at radius 1 is 1.34 bits per heavy atom. The van der Waals surface area contributed by atoms with Gasteiger partial charge in [0.15, 0.2) is 5.82 Å². The smallest absolute Gasteiger partial charge is 0.331 e. The molecular weight excluding hydrogens is 382 g/mol. The predicted octanol–water partition coefficient (Wildman–Crippen LogP) is -2.41. The third kappa shape index (κ3) is 4.82. The van der Waals surface area contributed by atoms with Gasteiger partial charge in [0.25, 0.3) is 11.5 Å². The molecule has 0 bridgehead atoms. The summed E-state index contributed by atoms with van der Waals surface area (Å²) in [6.07, 6.45) is 5.52. The van der Waals surface area contributed by atoms with Crippen LogP contribution >= 0.6 is 0 Å². The standard InChI is InChI=1S/C16H21N9O4/c1-11(26)7-25-20-13(19-21-25)9-24-8-12(15(28)22(2)16(24)29)14(27)18-4-6-23-5-3-17-10-23/h3,5,8,10-11,26H,4,6-7,9H2,1-2H3,(H,18,27)/t11-/m1/s1. The van der Waals surface area contributed by atoms with Crippen LogP contribution in [-0.4, -0.2) is 62.6 Å². The molecule has 0 aliphatic rings. The van der Waals surface area contributed by atoms with Crippen LogP contribution in [0.4, 0.5) is 0 Å². The number of tetrazole rings is 1. The predicted molar refractivity (Wildman–Crippen MR) is 99.1 cm³/mol. The number of nitrogens with zero attached hydrogens (tertiary/aromatic N) is 8. The molecule has 0 aliphatic carbocycles. The van der Waals surface area contributed by atoms with Crippen LogP contribution in [0.15, 0.2) is 34.5 Å². The van der Waals surface area contributed by atoms with Gasteiger partial charge in [0.05, 0.1) is 25.5 Å². The summed E-state index contributed by atoms with van der Waals surface area (Å²) in [7, 11) is 1.29. The number of hydrogen-bond donors (Lipinski definition) is 2. The average Bonchev–Trinajstić information content (AvgIpc) is 3.33. The van der Waals surface area contributed by atoms with E-state index in [1.165, 1.54) is 18.0 Å². The normalized spacial score (nSPS) is 12.1. The molecule has 3 aromatic heterocycles. The third-order valence-electron chi connectivity index (χ3n) is 4.05. The quantitative estimate of drug-likeness (QED) is 0.421. The molecule has 13 nitrogen and oxygen atoms in total. The Labute approximate surface area is 164 Å². The topological polar surface area (TPSA) is 155 Å². The van der Waals surface area contributed by atoms with Crippen molar-refractivity contribution in [2.24, 2.45) is 7.05 Å². The lowest BCUT2D eigenvalue weighted by atomic mass is 10.3. The number of aliphatic hydroxyl groups excluding tert-OH is 1. The van der Waals surface area contributed by atoms with Crippen LogP contribution in [0.2, 0.25) is 0 Å². The molecule has 1 amide bonds. The van der Waals surface area contributed by atoms with Crippen LogP contribution in [0.3, 0.4) is 0 Å². The Hall–Kier alpha value is -3.61. The molecule has 0 saturated heterocycles. The van der Waals surface area contributed by atoms with E-state index in [-0.39, 0.29) is 31.0 Å². The molecule has 29 heavy (non-hydrogen) atoms. The van der Waals surface area contributed by atoms with Crippen LogP contribution in [-0.2, 0) is 26.7 Å². The Morgan fingerprint density at radius 3 is 2.83 bits per heavy atom. The van der Waals surface area contributed by atoms with Crippen LogP contribution < -0.4 is 16.6 Å². The highest BCUT2D eigenvalue weighted by molar-refractivity contribution is 5.93. The molecule has 3 heterocycles. The van der Waals surface area contributed by atoms with E-state index in [2.05, 4.69) is 25.7 Å². The van der Waals surface area contributed by atoms with E-state index < -0.39 is 23.3 Å². The molecule has 0 unspecified atom stereocenters. The van der Waals surface area contributed by atoms with Crippen LogP contribution in [0.25, 0.3) is 0 Å². The number of rotatable bonds is 8. The highest BCUT2D eigenvalue weighted by atomic mass is 16.3. The molecule has 0 aromatic carbocycles. The molecule has 3 rings (SSSR count). The monoisotopic (exact) mass is 403 g/mol. The number of aromatic nitrogens is 8. The second-order valence-corrected chi connectivity index (χ2v) is 6.48. The minimum Gasteiger partial charge on any atom is -0.391 e.